The number of hydrogen-bond acceptors (Lipinski definition) is 5. The van der Waals surface area contributed by atoms with Gasteiger partial charge >= 0.3 is 0 Å². The van der Waals surface area contributed by atoms with Crippen molar-refractivity contribution in [1.29, 1.82) is 0 Å². The molecule has 0 spiro atoms. The van der Waals surface area contributed by atoms with E-state index in [0.29, 0.717) is 37.1 Å². The zero-order valence-electron chi connectivity index (χ0n) is 11.6. The lowest BCUT2D eigenvalue weighted by Gasteiger charge is -2.37. The Morgan fingerprint density at radius 3 is 3.00 bits per heavy atom. The van der Waals surface area contributed by atoms with E-state index in [-0.39, 0.29) is 11.8 Å². The van der Waals surface area contributed by atoms with Crippen LogP contribution in [0.15, 0.2) is 22.0 Å². The van der Waals surface area contributed by atoms with Crippen molar-refractivity contribution in [2.24, 2.45) is 5.92 Å². The molecule has 1 amide bonds. The minimum Gasteiger partial charge on any atom is -0.341 e. The Kier molecular flexibility index (Phi) is 3.56. The number of nitrogens with zero attached hydrogens (tertiary/aromatic N) is 3. The highest BCUT2D eigenvalue weighted by atomic mass is 32.1. The standard InChI is InChI=1S/C14H17N3O2S/c1-9(2)6-12(18)17-7-10(8-17)14-15-13(16-19-14)11-4-3-5-20-11/h3-5,9-10H,6-8H2,1-2H3. The summed E-state index contributed by atoms with van der Waals surface area (Å²) in [7, 11) is 0. The fourth-order valence-corrected chi connectivity index (χ4v) is 2.87. The van der Waals surface area contributed by atoms with Crippen LogP contribution in [0, 0.1) is 5.92 Å². The van der Waals surface area contributed by atoms with Crippen LogP contribution in [0.2, 0.25) is 0 Å². The molecule has 0 saturated carbocycles. The Labute approximate surface area is 121 Å². The minimum absolute atomic E-state index is 0.187. The van der Waals surface area contributed by atoms with Gasteiger partial charge in [0.1, 0.15) is 0 Å². The van der Waals surface area contributed by atoms with E-state index in [0.717, 1.165) is 4.88 Å². The molecule has 1 aliphatic heterocycles. The summed E-state index contributed by atoms with van der Waals surface area (Å²) in [5.41, 5.74) is 0. The van der Waals surface area contributed by atoms with E-state index in [4.69, 9.17) is 4.52 Å². The highest BCUT2D eigenvalue weighted by Gasteiger charge is 2.35. The fourth-order valence-electron chi connectivity index (χ4n) is 2.22. The number of hydrogen-bond donors (Lipinski definition) is 0. The van der Waals surface area contributed by atoms with Gasteiger partial charge in [-0.2, -0.15) is 4.98 Å². The molecule has 0 bridgehead atoms. The second-order valence-electron chi connectivity index (χ2n) is 5.53. The molecular formula is C14H17N3O2S. The topological polar surface area (TPSA) is 59.2 Å². The molecule has 0 aliphatic carbocycles. The summed E-state index contributed by atoms with van der Waals surface area (Å²) in [6.45, 7) is 5.50. The molecule has 0 unspecified atom stereocenters. The van der Waals surface area contributed by atoms with Gasteiger partial charge in [-0.15, -0.1) is 11.3 Å². The molecule has 0 N–H and O–H groups in total. The Balaban J connectivity index is 1.59. The first-order chi connectivity index (χ1) is 9.63. The van der Waals surface area contributed by atoms with Crippen LogP contribution in [0.25, 0.3) is 10.7 Å². The van der Waals surface area contributed by atoms with Gasteiger partial charge in [0.05, 0.1) is 10.8 Å². The van der Waals surface area contributed by atoms with Crippen molar-refractivity contribution < 1.29 is 9.32 Å². The Hall–Kier alpha value is -1.69. The van der Waals surface area contributed by atoms with Crippen molar-refractivity contribution in [3.05, 3.63) is 23.4 Å². The maximum atomic E-state index is 11.9. The van der Waals surface area contributed by atoms with Crippen LogP contribution in [0.5, 0.6) is 0 Å². The van der Waals surface area contributed by atoms with Crippen LogP contribution < -0.4 is 0 Å². The number of amides is 1. The molecule has 2 aromatic rings. The van der Waals surface area contributed by atoms with Gasteiger partial charge in [0, 0.05) is 19.5 Å². The largest absolute Gasteiger partial charge is 0.341 e. The molecular weight excluding hydrogens is 274 g/mol. The average molecular weight is 291 g/mol. The summed E-state index contributed by atoms with van der Waals surface area (Å²) in [5, 5.41) is 5.99. The van der Waals surface area contributed by atoms with Crippen molar-refractivity contribution in [2.45, 2.75) is 26.2 Å². The van der Waals surface area contributed by atoms with Gasteiger partial charge in [0.25, 0.3) is 0 Å². The molecule has 2 aromatic heterocycles. The van der Waals surface area contributed by atoms with Crippen molar-refractivity contribution >= 4 is 17.2 Å². The second kappa shape index (κ2) is 5.36. The normalized spacial score (nSPS) is 15.7. The van der Waals surface area contributed by atoms with Crippen molar-refractivity contribution in [3.8, 4) is 10.7 Å². The van der Waals surface area contributed by atoms with Crippen LogP contribution in [0.1, 0.15) is 32.1 Å². The average Bonchev–Trinajstić information content (AvgIpc) is 2.95. The van der Waals surface area contributed by atoms with Gasteiger partial charge in [-0.3, -0.25) is 4.79 Å². The molecule has 20 heavy (non-hydrogen) atoms. The fraction of sp³-hybridized carbons (Fsp3) is 0.500. The van der Waals surface area contributed by atoms with Gasteiger partial charge < -0.3 is 9.42 Å². The minimum atomic E-state index is 0.187. The molecule has 1 aliphatic rings. The molecule has 0 atom stereocenters. The van der Waals surface area contributed by atoms with Crippen LogP contribution in [0.4, 0.5) is 0 Å². The number of thiophene rings is 1. The molecule has 0 radical (unpaired) electrons. The number of carbonyl (C=O) groups excluding carboxylic acids is 1. The van der Waals surface area contributed by atoms with E-state index in [1.165, 1.54) is 0 Å². The molecule has 6 heteroatoms. The highest BCUT2D eigenvalue weighted by molar-refractivity contribution is 7.13. The summed E-state index contributed by atoms with van der Waals surface area (Å²) in [4.78, 5) is 19.2. The molecule has 1 saturated heterocycles. The summed E-state index contributed by atoms with van der Waals surface area (Å²) in [6, 6.07) is 3.93. The van der Waals surface area contributed by atoms with Crippen LogP contribution in [-0.4, -0.2) is 34.0 Å². The smallest absolute Gasteiger partial charge is 0.233 e. The predicted molar refractivity (Wildman–Crippen MR) is 76.4 cm³/mol. The molecule has 106 valence electrons. The lowest BCUT2D eigenvalue weighted by molar-refractivity contribution is -0.136. The van der Waals surface area contributed by atoms with Gasteiger partial charge in [-0.25, -0.2) is 0 Å². The Morgan fingerprint density at radius 1 is 1.55 bits per heavy atom. The zero-order chi connectivity index (χ0) is 14.1. The molecule has 3 heterocycles. The first-order valence-electron chi connectivity index (χ1n) is 6.78. The van der Waals surface area contributed by atoms with Crippen molar-refractivity contribution in [2.75, 3.05) is 13.1 Å². The molecule has 0 aromatic carbocycles. The lowest BCUT2D eigenvalue weighted by atomic mass is 9.98. The highest BCUT2D eigenvalue weighted by Crippen LogP contribution is 2.29. The van der Waals surface area contributed by atoms with Crippen LogP contribution >= 0.6 is 11.3 Å². The van der Waals surface area contributed by atoms with Crippen molar-refractivity contribution in [1.82, 2.24) is 15.0 Å². The number of rotatable bonds is 4. The van der Waals surface area contributed by atoms with E-state index in [9.17, 15) is 4.79 Å². The monoisotopic (exact) mass is 291 g/mol. The van der Waals surface area contributed by atoms with Gasteiger partial charge in [0.2, 0.25) is 17.6 Å². The third-order valence-electron chi connectivity index (χ3n) is 3.35. The maximum absolute atomic E-state index is 11.9. The summed E-state index contributed by atoms with van der Waals surface area (Å²) in [5.74, 6) is 2.08. The van der Waals surface area contributed by atoms with E-state index in [1.54, 1.807) is 11.3 Å². The molecule has 5 nitrogen and oxygen atoms in total. The van der Waals surface area contributed by atoms with Crippen LogP contribution in [-0.2, 0) is 4.79 Å². The van der Waals surface area contributed by atoms with Crippen molar-refractivity contribution in [3.63, 3.8) is 0 Å². The maximum Gasteiger partial charge on any atom is 0.233 e. The second-order valence-corrected chi connectivity index (χ2v) is 6.47. The first-order valence-corrected chi connectivity index (χ1v) is 7.66. The Bertz CT molecular complexity index is 585. The number of aromatic nitrogens is 2. The quantitative estimate of drug-likeness (QED) is 0.869. The van der Waals surface area contributed by atoms with Gasteiger partial charge in [0.15, 0.2) is 0 Å². The van der Waals surface area contributed by atoms with Gasteiger partial charge in [-0.05, 0) is 17.4 Å². The summed E-state index contributed by atoms with van der Waals surface area (Å²) >= 11 is 1.59. The third-order valence-corrected chi connectivity index (χ3v) is 4.22. The van der Waals surface area contributed by atoms with E-state index in [2.05, 4.69) is 24.0 Å². The van der Waals surface area contributed by atoms with E-state index >= 15 is 0 Å². The summed E-state index contributed by atoms with van der Waals surface area (Å²) < 4.78 is 5.31. The third kappa shape index (κ3) is 2.60. The zero-order valence-corrected chi connectivity index (χ0v) is 12.4. The van der Waals surface area contributed by atoms with Gasteiger partial charge in [-0.1, -0.05) is 25.1 Å². The number of likely N-dealkylation sites (tertiary alicyclic amines) is 1. The Morgan fingerprint density at radius 2 is 2.35 bits per heavy atom. The first kappa shape index (κ1) is 13.3. The SMILES string of the molecule is CC(C)CC(=O)N1CC(c2nc(-c3cccs3)no2)C1. The number of carbonyl (C=O) groups is 1. The van der Waals surface area contributed by atoms with E-state index in [1.807, 2.05) is 22.4 Å². The lowest BCUT2D eigenvalue weighted by Crippen LogP contribution is -2.48. The van der Waals surface area contributed by atoms with Crippen LogP contribution in [0.3, 0.4) is 0 Å². The summed E-state index contributed by atoms with van der Waals surface area (Å²) in [6.07, 6.45) is 0.608. The molecule has 1 fully saturated rings. The van der Waals surface area contributed by atoms with E-state index < -0.39 is 0 Å². The predicted octanol–water partition coefficient (Wildman–Crippen LogP) is 2.77. The molecule has 3 rings (SSSR count).